The first-order chi connectivity index (χ1) is 6.65. The molecule has 0 aliphatic carbocycles. The van der Waals surface area contributed by atoms with Gasteiger partial charge in [-0.25, -0.2) is 0 Å². The molecular weight excluding hydrogens is 180 g/mol. The van der Waals surface area contributed by atoms with Gasteiger partial charge >= 0.3 is 0 Å². The molecule has 0 radical (unpaired) electrons. The van der Waals surface area contributed by atoms with Gasteiger partial charge in [0.15, 0.2) is 17.8 Å². The Morgan fingerprint density at radius 1 is 1.14 bits per heavy atom. The Balaban J connectivity index is 3.49. The van der Waals surface area contributed by atoms with Crippen LogP contribution in [-0.4, -0.2) is 20.5 Å². The average molecular weight is 194 g/mol. The van der Waals surface area contributed by atoms with Crippen molar-refractivity contribution in [2.45, 2.75) is 13.8 Å². The summed E-state index contributed by atoms with van der Waals surface area (Å²) in [6, 6.07) is 1.80. The minimum atomic E-state index is 0.505. The highest BCUT2D eigenvalue weighted by Gasteiger charge is 2.14. The van der Waals surface area contributed by atoms with E-state index >= 15 is 0 Å². The largest absolute Gasteiger partial charge is 0.493 e. The molecule has 0 fully saturated rings. The predicted molar refractivity (Wildman–Crippen MR) is 54.4 cm³/mol. The highest BCUT2D eigenvalue weighted by Crippen LogP contribution is 2.35. The number of carbonyl (C=O) groups excluding carboxylic acids is 1. The molecule has 0 heterocycles. The molecule has 0 atom stereocenters. The summed E-state index contributed by atoms with van der Waals surface area (Å²) in [6.45, 7) is 3.87. The van der Waals surface area contributed by atoms with E-state index in [1.165, 1.54) is 7.11 Å². The first kappa shape index (κ1) is 10.6. The SMILES string of the molecule is COc1c(C=O)cc(C)c(C)c1OC. The first-order valence-corrected chi connectivity index (χ1v) is 4.33. The average Bonchev–Trinajstić information content (AvgIpc) is 2.20. The van der Waals surface area contributed by atoms with Crippen molar-refractivity contribution in [3.8, 4) is 11.5 Å². The molecule has 0 aliphatic heterocycles. The van der Waals surface area contributed by atoms with Gasteiger partial charge < -0.3 is 9.47 Å². The van der Waals surface area contributed by atoms with E-state index in [1.54, 1.807) is 13.2 Å². The molecule has 3 nitrogen and oxygen atoms in total. The molecule has 0 aromatic heterocycles. The summed E-state index contributed by atoms with van der Waals surface area (Å²) >= 11 is 0. The molecule has 0 saturated carbocycles. The third kappa shape index (κ3) is 1.58. The summed E-state index contributed by atoms with van der Waals surface area (Å²) in [5.41, 5.74) is 2.53. The van der Waals surface area contributed by atoms with Crippen molar-refractivity contribution in [2.75, 3.05) is 14.2 Å². The molecule has 1 aromatic carbocycles. The quantitative estimate of drug-likeness (QED) is 0.691. The fraction of sp³-hybridized carbons (Fsp3) is 0.364. The summed E-state index contributed by atoms with van der Waals surface area (Å²) in [5.74, 6) is 1.14. The van der Waals surface area contributed by atoms with Gasteiger partial charge in [-0.05, 0) is 31.0 Å². The van der Waals surface area contributed by atoms with Crippen LogP contribution in [0.2, 0.25) is 0 Å². The molecule has 1 rings (SSSR count). The van der Waals surface area contributed by atoms with E-state index in [-0.39, 0.29) is 0 Å². The van der Waals surface area contributed by atoms with E-state index < -0.39 is 0 Å². The Kier molecular flexibility index (Phi) is 3.12. The summed E-state index contributed by atoms with van der Waals surface area (Å²) in [5, 5.41) is 0. The van der Waals surface area contributed by atoms with E-state index in [4.69, 9.17) is 9.47 Å². The fourth-order valence-electron chi connectivity index (χ4n) is 1.43. The van der Waals surface area contributed by atoms with Crippen molar-refractivity contribution in [1.82, 2.24) is 0 Å². The number of aryl methyl sites for hydroxylation is 1. The monoisotopic (exact) mass is 194 g/mol. The van der Waals surface area contributed by atoms with Crippen molar-refractivity contribution < 1.29 is 14.3 Å². The minimum absolute atomic E-state index is 0.505. The van der Waals surface area contributed by atoms with Gasteiger partial charge in [-0.3, -0.25) is 4.79 Å². The number of aldehydes is 1. The molecule has 3 heteroatoms. The van der Waals surface area contributed by atoms with Crippen molar-refractivity contribution >= 4 is 6.29 Å². The van der Waals surface area contributed by atoms with E-state index in [0.29, 0.717) is 17.1 Å². The van der Waals surface area contributed by atoms with Crippen LogP contribution in [0.5, 0.6) is 11.5 Å². The second kappa shape index (κ2) is 4.13. The minimum Gasteiger partial charge on any atom is -0.493 e. The Bertz CT molecular complexity index is 356. The van der Waals surface area contributed by atoms with Crippen molar-refractivity contribution in [3.63, 3.8) is 0 Å². The van der Waals surface area contributed by atoms with E-state index in [9.17, 15) is 4.79 Å². The van der Waals surface area contributed by atoms with Crippen LogP contribution in [0, 0.1) is 13.8 Å². The highest BCUT2D eigenvalue weighted by molar-refractivity contribution is 5.82. The Morgan fingerprint density at radius 2 is 1.71 bits per heavy atom. The van der Waals surface area contributed by atoms with Gasteiger partial charge in [-0.2, -0.15) is 0 Å². The number of hydrogen-bond donors (Lipinski definition) is 0. The number of carbonyl (C=O) groups is 1. The number of rotatable bonds is 3. The van der Waals surface area contributed by atoms with Crippen LogP contribution < -0.4 is 9.47 Å². The van der Waals surface area contributed by atoms with E-state index in [1.807, 2.05) is 13.8 Å². The third-order valence-electron chi connectivity index (χ3n) is 2.31. The van der Waals surface area contributed by atoms with Gasteiger partial charge in [0, 0.05) is 0 Å². The Morgan fingerprint density at radius 3 is 2.14 bits per heavy atom. The lowest BCUT2D eigenvalue weighted by Gasteiger charge is -2.14. The maximum atomic E-state index is 10.8. The molecule has 0 amide bonds. The van der Waals surface area contributed by atoms with Crippen LogP contribution >= 0.6 is 0 Å². The number of methoxy groups -OCH3 is 2. The lowest BCUT2D eigenvalue weighted by Crippen LogP contribution is -1.99. The summed E-state index contributed by atoms with van der Waals surface area (Å²) in [7, 11) is 3.10. The van der Waals surface area contributed by atoms with Crippen LogP contribution in [0.4, 0.5) is 0 Å². The normalized spacial score (nSPS) is 9.71. The van der Waals surface area contributed by atoms with Crippen molar-refractivity contribution in [2.24, 2.45) is 0 Å². The van der Waals surface area contributed by atoms with Gasteiger partial charge in [-0.1, -0.05) is 0 Å². The van der Waals surface area contributed by atoms with Crippen molar-refractivity contribution in [1.29, 1.82) is 0 Å². The van der Waals surface area contributed by atoms with E-state index in [0.717, 1.165) is 17.4 Å². The fourth-order valence-corrected chi connectivity index (χ4v) is 1.43. The van der Waals surface area contributed by atoms with E-state index in [2.05, 4.69) is 0 Å². The van der Waals surface area contributed by atoms with Crippen LogP contribution in [-0.2, 0) is 0 Å². The van der Waals surface area contributed by atoms with Gasteiger partial charge in [-0.15, -0.1) is 0 Å². The number of benzene rings is 1. The molecule has 0 N–H and O–H groups in total. The molecule has 0 saturated heterocycles. The molecule has 1 aromatic rings. The lowest BCUT2D eigenvalue weighted by molar-refractivity contribution is 0.112. The van der Waals surface area contributed by atoms with Gasteiger partial charge in [0.25, 0.3) is 0 Å². The standard InChI is InChI=1S/C11H14O3/c1-7-5-9(6-12)11(14-4)10(13-3)8(7)2/h5-6H,1-4H3. The maximum absolute atomic E-state index is 10.8. The predicted octanol–water partition coefficient (Wildman–Crippen LogP) is 2.13. The molecule has 0 spiro atoms. The van der Waals surface area contributed by atoms with Gasteiger partial charge in [0.1, 0.15) is 0 Å². The number of ether oxygens (including phenoxy) is 2. The van der Waals surface area contributed by atoms with Crippen LogP contribution in [0.3, 0.4) is 0 Å². The molecule has 0 bridgehead atoms. The lowest BCUT2D eigenvalue weighted by atomic mass is 10.0. The highest BCUT2D eigenvalue weighted by atomic mass is 16.5. The molecular formula is C11H14O3. The first-order valence-electron chi connectivity index (χ1n) is 4.33. The molecule has 0 aliphatic rings. The van der Waals surface area contributed by atoms with Gasteiger partial charge in [0.2, 0.25) is 0 Å². The Hall–Kier alpha value is -1.51. The third-order valence-corrected chi connectivity index (χ3v) is 2.31. The summed E-state index contributed by atoms with van der Waals surface area (Å²) in [4.78, 5) is 10.8. The van der Waals surface area contributed by atoms with Crippen molar-refractivity contribution in [3.05, 3.63) is 22.8 Å². The zero-order valence-electron chi connectivity index (χ0n) is 8.88. The molecule has 76 valence electrons. The van der Waals surface area contributed by atoms with Crippen LogP contribution in [0.1, 0.15) is 21.5 Å². The van der Waals surface area contributed by atoms with Crippen LogP contribution in [0.25, 0.3) is 0 Å². The van der Waals surface area contributed by atoms with Gasteiger partial charge in [0.05, 0.1) is 19.8 Å². The summed E-state index contributed by atoms with van der Waals surface area (Å²) < 4.78 is 10.3. The molecule has 14 heavy (non-hydrogen) atoms. The van der Waals surface area contributed by atoms with Crippen LogP contribution in [0.15, 0.2) is 6.07 Å². The second-order valence-electron chi connectivity index (χ2n) is 3.09. The molecule has 0 unspecified atom stereocenters. The summed E-state index contributed by atoms with van der Waals surface area (Å²) in [6.07, 6.45) is 0.772. The smallest absolute Gasteiger partial charge is 0.171 e. The second-order valence-corrected chi connectivity index (χ2v) is 3.09. The zero-order chi connectivity index (χ0) is 10.7. The zero-order valence-corrected chi connectivity index (χ0v) is 8.88. The number of hydrogen-bond acceptors (Lipinski definition) is 3. The maximum Gasteiger partial charge on any atom is 0.171 e. The topological polar surface area (TPSA) is 35.5 Å². The Labute approximate surface area is 83.6 Å².